The van der Waals surface area contributed by atoms with Gasteiger partial charge < -0.3 is 10.3 Å². The van der Waals surface area contributed by atoms with Gasteiger partial charge in [-0.25, -0.2) is 4.39 Å². The first kappa shape index (κ1) is 16.4. The summed E-state index contributed by atoms with van der Waals surface area (Å²) >= 11 is 0. The molecule has 4 rings (SSSR count). The third-order valence-electron chi connectivity index (χ3n) is 4.74. The molecule has 1 aromatic heterocycles. The molecule has 0 radical (unpaired) electrons. The van der Waals surface area contributed by atoms with Gasteiger partial charge in [0.25, 0.3) is 11.8 Å². The molecule has 2 N–H and O–H groups in total. The minimum atomic E-state index is -0.337. The summed E-state index contributed by atoms with van der Waals surface area (Å²) in [6, 6.07) is 7.78. The number of rotatable bonds is 3. The maximum absolute atomic E-state index is 13.0. The van der Waals surface area contributed by atoms with Crippen LogP contribution in [0.25, 0.3) is 11.1 Å². The molecule has 1 fully saturated rings. The minimum Gasteiger partial charge on any atom is -0.357 e. The summed E-state index contributed by atoms with van der Waals surface area (Å²) in [5.41, 5.74) is 3.03. The number of fused-ring (bicyclic) bond motifs is 1. The lowest BCUT2D eigenvalue weighted by molar-refractivity contribution is -0.114. The third-order valence-corrected chi connectivity index (χ3v) is 4.74. The molecule has 2 aliphatic rings. The molecule has 0 bridgehead atoms. The Labute approximate surface area is 149 Å². The molecular weight excluding hydrogens is 335 g/mol. The summed E-state index contributed by atoms with van der Waals surface area (Å²) in [7, 11) is 0. The van der Waals surface area contributed by atoms with Crippen LogP contribution in [-0.2, 0) is 4.79 Å². The van der Waals surface area contributed by atoms with Gasteiger partial charge in [-0.2, -0.15) is 5.11 Å². The summed E-state index contributed by atoms with van der Waals surface area (Å²) in [6.07, 6.45) is 5.40. The Balaban J connectivity index is 1.42. The van der Waals surface area contributed by atoms with Gasteiger partial charge in [-0.15, -0.1) is 5.11 Å². The second kappa shape index (κ2) is 6.67. The van der Waals surface area contributed by atoms with Crippen LogP contribution >= 0.6 is 0 Å². The van der Waals surface area contributed by atoms with E-state index in [2.05, 4.69) is 20.5 Å². The van der Waals surface area contributed by atoms with Crippen LogP contribution in [-0.4, -0.2) is 28.9 Å². The normalized spacial score (nSPS) is 21.9. The lowest BCUT2D eigenvalue weighted by Crippen LogP contribution is -2.39. The first-order valence-corrected chi connectivity index (χ1v) is 8.49. The van der Waals surface area contributed by atoms with Crippen molar-refractivity contribution < 1.29 is 14.0 Å². The molecule has 2 amide bonds. The molecular formula is C19H17FN4O2. The molecule has 0 saturated heterocycles. The van der Waals surface area contributed by atoms with Gasteiger partial charge in [0.1, 0.15) is 11.5 Å². The van der Waals surface area contributed by atoms with E-state index >= 15 is 0 Å². The number of amides is 2. The number of hydrogen-bond donors (Lipinski definition) is 2. The number of carbonyl (C=O) groups is 2. The van der Waals surface area contributed by atoms with Crippen LogP contribution < -0.4 is 5.32 Å². The van der Waals surface area contributed by atoms with Gasteiger partial charge in [0.05, 0.1) is 6.04 Å². The second-order valence-electron chi connectivity index (χ2n) is 6.55. The summed E-state index contributed by atoms with van der Waals surface area (Å²) in [6.45, 7) is 0. The van der Waals surface area contributed by atoms with Crippen molar-refractivity contribution in [1.29, 1.82) is 0 Å². The fraction of sp³-hybridized carbons (Fsp3) is 0.263. The molecule has 26 heavy (non-hydrogen) atoms. The maximum atomic E-state index is 13.0. The van der Waals surface area contributed by atoms with Crippen LogP contribution in [0.15, 0.2) is 58.4 Å². The molecule has 1 aliphatic carbocycles. The number of nitrogens with one attached hydrogen (secondary N) is 2. The third kappa shape index (κ3) is 3.33. The molecule has 132 valence electrons. The van der Waals surface area contributed by atoms with Gasteiger partial charge in [-0.1, -0.05) is 12.1 Å². The van der Waals surface area contributed by atoms with E-state index in [9.17, 15) is 14.0 Å². The molecule has 2 atom stereocenters. The van der Waals surface area contributed by atoms with Crippen molar-refractivity contribution in [2.24, 2.45) is 10.2 Å². The molecule has 7 heteroatoms. The van der Waals surface area contributed by atoms with Crippen molar-refractivity contribution in [1.82, 2.24) is 10.3 Å². The molecule has 0 spiro atoms. The largest absolute Gasteiger partial charge is 0.357 e. The Kier molecular flexibility index (Phi) is 4.20. The van der Waals surface area contributed by atoms with E-state index in [1.807, 2.05) is 0 Å². The zero-order chi connectivity index (χ0) is 18.1. The number of carbonyl (C=O) groups excluding carboxylic acids is 2. The summed E-state index contributed by atoms with van der Waals surface area (Å²) in [4.78, 5) is 26.8. The highest BCUT2D eigenvalue weighted by molar-refractivity contribution is 5.94. The van der Waals surface area contributed by atoms with Crippen LogP contribution in [0.3, 0.4) is 0 Å². The van der Waals surface area contributed by atoms with E-state index < -0.39 is 0 Å². The molecule has 1 aromatic carbocycles. The Morgan fingerprint density at radius 1 is 1.19 bits per heavy atom. The number of aromatic nitrogens is 1. The van der Waals surface area contributed by atoms with Gasteiger partial charge in [-0.3, -0.25) is 9.59 Å². The van der Waals surface area contributed by atoms with E-state index in [0.717, 1.165) is 29.5 Å². The monoisotopic (exact) mass is 352 g/mol. The molecule has 6 nitrogen and oxygen atoms in total. The second-order valence-corrected chi connectivity index (χ2v) is 6.55. The summed E-state index contributed by atoms with van der Waals surface area (Å²) in [5, 5.41) is 10.6. The van der Waals surface area contributed by atoms with Crippen molar-refractivity contribution in [3.8, 4) is 11.1 Å². The van der Waals surface area contributed by atoms with Crippen LogP contribution in [0.4, 0.5) is 4.39 Å². The Hall–Kier alpha value is -3.09. The van der Waals surface area contributed by atoms with Crippen LogP contribution in [0, 0.1) is 5.82 Å². The number of nitrogens with zero attached hydrogens (tertiary/aromatic N) is 2. The Morgan fingerprint density at radius 2 is 2.00 bits per heavy atom. The average Bonchev–Trinajstić information content (AvgIpc) is 3.12. The summed E-state index contributed by atoms with van der Waals surface area (Å²) < 4.78 is 13.0. The molecule has 1 aliphatic heterocycles. The van der Waals surface area contributed by atoms with Gasteiger partial charge in [0, 0.05) is 18.3 Å². The summed E-state index contributed by atoms with van der Waals surface area (Å²) in [5.74, 6) is -0.837. The van der Waals surface area contributed by atoms with Gasteiger partial charge in [0.15, 0.2) is 0 Å². The number of aromatic amines is 1. The molecule has 2 aromatic rings. The number of benzene rings is 1. The fourth-order valence-corrected chi connectivity index (χ4v) is 3.39. The highest BCUT2D eigenvalue weighted by Crippen LogP contribution is 2.29. The van der Waals surface area contributed by atoms with Crippen molar-refractivity contribution in [3.63, 3.8) is 0 Å². The molecule has 2 heterocycles. The van der Waals surface area contributed by atoms with Gasteiger partial charge in [-0.05, 0) is 54.2 Å². The van der Waals surface area contributed by atoms with Crippen molar-refractivity contribution >= 4 is 11.8 Å². The van der Waals surface area contributed by atoms with E-state index in [1.165, 1.54) is 18.2 Å². The zero-order valence-electron chi connectivity index (χ0n) is 13.9. The first-order chi connectivity index (χ1) is 12.6. The molecule has 2 unspecified atom stereocenters. The Morgan fingerprint density at radius 3 is 2.81 bits per heavy atom. The number of halogens is 1. The number of H-pyrrole nitrogens is 1. The van der Waals surface area contributed by atoms with Crippen molar-refractivity contribution in [2.75, 3.05) is 0 Å². The fourth-order valence-electron chi connectivity index (χ4n) is 3.39. The standard InChI is InChI=1S/C19H17FN4O2/c20-14-3-1-11(2-4-14)13-8-17(21-10-13)19(26)22-15-5-6-16-12(7-15)9-18(25)24-23-16/h1-4,8-10,15-16,21H,5-7H2,(H,22,26). The number of hydrogen-bond acceptors (Lipinski definition) is 3. The predicted molar refractivity (Wildman–Crippen MR) is 93.0 cm³/mol. The van der Waals surface area contributed by atoms with Crippen LogP contribution in [0.5, 0.6) is 0 Å². The maximum Gasteiger partial charge on any atom is 0.287 e. The van der Waals surface area contributed by atoms with Crippen molar-refractivity contribution in [3.05, 3.63) is 59.7 Å². The first-order valence-electron chi connectivity index (χ1n) is 8.49. The van der Waals surface area contributed by atoms with E-state index in [1.54, 1.807) is 24.4 Å². The van der Waals surface area contributed by atoms with Crippen LogP contribution in [0.2, 0.25) is 0 Å². The molecule has 1 saturated carbocycles. The van der Waals surface area contributed by atoms with Gasteiger partial charge in [0.2, 0.25) is 0 Å². The topological polar surface area (TPSA) is 86.7 Å². The number of azo groups is 1. The highest BCUT2D eigenvalue weighted by atomic mass is 19.1. The predicted octanol–water partition coefficient (Wildman–Crippen LogP) is 3.39. The van der Waals surface area contributed by atoms with Gasteiger partial charge >= 0.3 is 0 Å². The lowest BCUT2D eigenvalue weighted by Gasteiger charge is -2.29. The lowest BCUT2D eigenvalue weighted by atomic mass is 9.86. The quantitative estimate of drug-likeness (QED) is 0.887. The Bertz CT molecular complexity index is 914. The van der Waals surface area contributed by atoms with E-state index in [-0.39, 0.29) is 29.7 Å². The minimum absolute atomic E-state index is 0.0311. The van der Waals surface area contributed by atoms with E-state index in [4.69, 9.17) is 0 Å². The average molecular weight is 352 g/mol. The van der Waals surface area contributed by atoms with Crippen LogP contribution in [0.1, 0.15) is 29.8 Å². The zero-order valence-corrected chi connectivity index (χ0v) is 13.9. The SMILES string of the molecule is O=C1C=C2CC(NC(=O)c3cc(-c4ccc(F)cc4)c[nH]3)CCC2N=N1. The van der Waals surface area contributed by atoms with E-state index in [0.29, 0.717) is 12.1 Å². The highest BCUT2D eigenvalue weighted by Gasteiger charge is 2.29. The van der Waals surface area contributed by atoms with Crippen molar-refractivity contribution in [2.45, 2.75) is 31.3 Å². The smallest absolute Gasteiger partial charge is 0.287 e.